The predicted molar refractivity (Wildman–Crippen MR) is 119 cm³/mol. The van der Waals surface area contributed by atoms with Gasteiger partial charge < -0.3 is 5.32 Å². The van der Waals surface area contributed by atoms with Crippen LogP contribution in [-0.4, -0.2) is 18.6 Å². The van der Waals surface area contributed by atoms with Gasteiger partial charge in [-0.1, -0.05) is 57.0 Å². The van der Waals surface area contributed by atoms with Gasteiger partial charge in [0.25, 0.3) is 0 Å². The fraction of sp³-hybridized carbons (Fsp3) is 0.222. The van der Waals surface area contributed by atoms with E-state index in [4.69, 9.17) is 0 Å². The standard InChI is InChI=1S/C18H18Br2N4O2S2/c1-11(2)16(24-28(25,26)15-9-5-13(20)6-10-15)17-22-23-18(27-17)21-14-7-3-12(19)4-8-14/h3-11,16,24H,1-2H3,(H,21,23). The predicted octanol–water partition coefficient (Wildman–Crippen LogP) is 5.48. The van der Waals surface area contributed by atoms with Crippen LogP contribution in [0.3, 0.4) is 0 Å². The van der Waals surface area contributed by atoms with E-state index in [0.29, 0.717) is 10.1 Å². The minimum atomic E-state index is -3.68. The highest BCUT2D eigenvalue weighted by Gasteiger charge is 2.27. The number of sulfonamides is 1. The number of halogens is 2. The summed E-state index contributed by atoms with van der Waals surface area (Å²) in [5.41, 5.74) is 0.877. The van der Waals surface area contributed by atoms with Gasteiger partial charge in [0.15, 0.2) is 0 Å². The second-order valence-electron chi connectivity index (χ2n) is 6.37. The third-order valence-electron chi connectivity index (χ3n) is 3.87. The van der Waals surface area contributed by atoms with Gasteiger partial charge in [0.2, 0.25) is 15.2 Å². The molecule has 148 valence electrons. The fourth-order valence-corrected chi connectivity index (χ4v) is 5.33. The molecule has 0 aliphatic heterocycles. The summed E-state index contributed by atoms with van der Waals surface area (Å²) in [6.07, 6.45) is 0. The Hall–Kier alpha value is -1.33. The lowest BCUT2D eigenvalue weighted by Gasteiger charge is -2.19. The molecule has 1 heterocycles. The molecule has 28 heavy (non-hydrogen) atoms. The maximum Gasteiger partial charge on any atom is 0.241 e. The van der Waals surface area contributed by atoms with E-state index in [9.17, 15) is 8.42 Å². The van der Waals surface area contributed by atoms with E-state index in [1.165, 1.54) is 11.3 Å². The SMILES string of the molecule is CC(C)C(NS(=O)(=O)c1ccc(Br)cc1)c1nnc(Nc2ccc(Br)cc2)s1. The zero-order chi connectivity index (χ0) is 20.3. The molecule has 0 radical (unpaired) electrons. The first kappa shape index (κ1) is 21.4. The van der Waals surface area contributed by atoms with Gasteiger partial charge in [0.1, 0.15) is 5.01 Å². The van der Waals surface area contributed by atoms with Crippen molar-refractivity contribution in [2.45, 2.75) is 24.8 Å². The number of nitrogens with zero attached hydrogens (tertiary/aromatic N) is 2. The van der Waals surface area contributed by atoms with Crippen LogP contribution < -0.4 is 10.0 Å². The Balaban J connectivity index is 1.80. The molecule has 0 spiro atoms. The number of aromatic nitrogens is 2. The van der Waals surface area contributed by atoms with E-state index < -0.39 is 16.1 Å². The Labute approximate surface area is 185 Å². The molecule has 0 aliphatic carbocycles. The highest BCUT2D eigenvalue weighted by atomic mass is 79.9. The van der Waals surface area contributed by atoms with Crippen LogP contribution in [0.1, 0.15) is 24.9 Å². The second kappa shape index (κ2) is 9.00. The van der Waals surface area contributed by atoms with Gasteiger partial charge in [-0.3, -0.25) is 0 Å². The van der Waals surface area contributed by atoms with Gasteiger partial charge in [0, 0.05) is 14.6 Å². The van der Waals surface area contributed by atoms with Crippen LogP contribution in [-0.2, 0) is 10.0 Å². The van der Waals surface area contributed by atoms with E-state index in [-0.39, 0.29) is 10.8 Å². The van der Waals surface area contributed by atoms with E-state index in [1.54, 1.807) is 24.3 Å². The molecule has 0 fully saturated rings. The van der Waals surface area contributed by atoms with Crippen LogP contribution in [0.5, 0.6) is 0 Å². The van der Waals surface area contributed by atoms with Crippen LogP contribution in [0.15, 0.2) is 62.4 Å². The van der Waals surface area contributed by atoms with Crippen molar-refractivity contribution in [1.29, 1.82) is 0 Å². The van der Waals surface area contributed by atoms with E-state index in [0.717, 1.165) is 14.6 Å². The summed E-state index contributed by atoms with van der Waals surface area (Å²) < 4.78 is 30.1. The van der Waals surface area contributed by atoms with Gasteiger partial charge in [-0.25, -0.2) is 13.1 Å². The molecule has 0 bridgehead atoms. The van der Waals surface area contributed by atoms with Crippen molar-refractivity contribution < 1.29 is 8.42 Å². The highest BCUT2D eigenvalue weighted by molar-refractivity contribution is 9.10. The van der Waals surface area contributed by atoms with Crippen LogP contribution in [0, 0.1) is 5.92 Å². The Kier molecular flexibility index (Phi) is 6.87. The molecule has 2 N–H and O–H groups in total. The normalized spacial score (nSPS) is 12.9. The van der Waals surface area contributed by atoms with Crippen LogP contribution >= 0.6 is 43.2 Å². The van der Waals surface area contributed by atoms with Gasteiger partial charge in [0.05, 0.1) is 10.9 Å². The summed E-state index contributed by atoms with van der Waals surface area (Å²) in [6.45, 7) is 3.88. The summed E-state index contributed by atoms with van der Waals surface area (Å²) in [7, 11) is -3.68. The van der Waals surface area contributed by atoms with Crippen LogP contribution in [0.25, 0.3) is 0 Å². The molecule has 10 heteroatoms. The summed E-state index contributed by atoms with van der Waals surface area (Å²) in [5, 5.41) is 12.8. The topological polar surface area (TPSA) is 84.0 Å². The molecule has 2 aromatic carbocycles. The largest absolute Gasteiger partial charge is 0.330 e. The Morgan fingerprint density at radius 1 is 0.929 bits per heavy atom. The first-order valence-electron chi connectivity index (χ1n) is 8.38. The average Bonchev–Trinajstić information content (AvgIpc) is 3.10. The molecule has 1 atom stereocenters. The Morgan fingerprint density at radius 2 is 1.50 bits per heavy atom. The number of anilines is 2. The fourth-order valence-electron chi connectivity index (χ4n) is 2.39. The summed E-state index contributed by atoms with van der Waals surface area (Å²) >= 11 is 8.04. The summed E-state index contributed by atoms with van der Waals surface area (Å²) in [4.78, 5) is 0.207. The summed E-state index contributed by atoms with van der Waals surface area (Å²) in [5.74, 6) is -0.00120. The van der Waals surface area contributed by atoms with Crippen LogP contribution in [0.4, 0.5) is 10.8 Å². The quantitative estimate of drug-likeness (QED) is 0.410. The van der Waals surface area contributed by atoms with E-state index in [2.05, 4.69) is 52.1 Å². The van der Waals surface area contributed by atoms with Crippen molar-refractivity contribution in [2.75, 3.05) is 5.32 Å². The number of nitrogens with one attached hydrogen (secondary N) is 2. The minimum absolute atomic E-state index is 0.00120. The summed E-state index contributed by atoms with van der Waals surface area (Å²) in [6, 6.07) is 13.7. The molecular weight excluding hydrogens is 528 g/mol. The second-order valence-corrected chi connectivity index (χ2v) is 10.9. The van der Waals surface area contributed by atoms with Gasteiger partial charge in [-0.2, -0.15) is 0 Å². The molecule has 0 saturated heterocycles. The zero-order valence-electron chi connectivity index (χ0n) is 15.1. The van der Waals surface area contributed by atoms with Gasteiger partial charge in [-0.05, 0) is 54.4 Å². The van der Waals surface area contributed by atoms with E-state index >= 15 is 0 Å². The first-order valence-corrected chi connectivity index (χ1v) is 12.3. The molecule has 0 saturated carbocycles. The maximum absolute atomic E-state index is 12.8. The lowest BCUT2D eigenvalue weighted by Crippen LogP contribution is -2.31. The third kappa shape index (κ3) is 5.38. The molecule has 3 aromatic rings. The molecule has 6 nitrogen and oxygen atoms in total. The first-order chi connectivity index (χ1) is 13.2. The molecule has 1 aromatic heterocycles. The average molecular weight is 546 g/mol. The van der Waals surface area contributed by atoms with E-state index in [1.807, 2.05) is 38.1 Å². The van der Waals surface area contributed by atoms with Crippen molar-refractivity contribution >= 4 is 64.0 Å². The van der Waals surface area contributed by atoms with Crippen molar-refractivity contribution in [3.05, 3.63) is 62.5 Å². The Morgan fingerprint density at radius 3 is 2.07 bits per heavy atom. The number of hydrogen-bond donors (Lipinski definition) is 2. The van der Waals surface area contributed by atoms with Crippen molar-refractivity contribution in [3.63, 3.8) is 0 Å². The smallest absolute Gasteiger partial charge is 0.241 e. The maximum atomic E-state index is 12.8. The Bertz CT molecular complexity index is 1040. The van der Waals surface area contributed by atoms with Crippen molar-refractivity contribution in [1.82, 2.24) is 14.9 Å². The van der Waals surface area contributed by atoms with Crippen molar-refractivity contribution in [2.24, 2.45) is 5.92 Å². The van der Waals surface area contributed by atoms with Gasteiger partial charge >= 0.3 is 0 Å². The minimum Gasteiger partial charge on any atom is -0.330 e. The van der Waals surface area contributed by atoms with Crippen LogP contribution in [0.2, 0.25) is 0 Å². The lowest BCUT2D eigenvalue weighted by molar-refractivity contribution is 0.459. The number of rotatable bonds is 7. The molecule has 0 aliphatic rings. The monoisotopic (exact) mass is 544 g/mol. The highest BCUT2D eigenvalue weighted by Crippen LogP contribution is 2.30. The number of benzene rings is 2. The molecule has 3 rings (SSSR count). The molecule has 1 unspecified atom stereocenters. The van der Waals surface area contributed by atoms with Crippen molar-refractivity contribution in [3.8, 4) is 0 Å². The van der Waals surface area contributed by atoms with Gasteiger partial charge in [-0.15, -0.1) is 10.2 Å². The molecule has 0 amide bonds. The third-order valence-corrected chi connectivity index (χ3v) is 7.31. The molecular formula is C18H18Br2N4O2S2. The zero-order valence-corrected chi connectivity index (χ0v) is 19.9. The lowest BCUT2D eigenvalue weighted by atomic mass is 10.1. The number of hydrogen-bond acceptors (Lipinski definition) is 6.